The average Bonchev–Trinajstić information content (AvgIpc) is 2.19. The van der Waals surface area contributed by atoms with Gasteiger partial charge in [0.05, 0.1) is 0 Å². The Kier molecular flexibility index (Phi) is 14.1. The minimum Gasteiger partial charge on any atom is -0.303 e. The number of hydrogen-bond acceptors (Lipinski definition) is 6. The van der Waals surface area contributed by atoms with Crippen molar-refractivity contribution < 1.29 is 56.5 Å². The van der Waals surface area contributed by atoms with E-state index in [-0.39, 0.29) is 19.5 Å². The minimum atomic E-state index is -3.65. The Bertz CT molecular complexity index is 193. The molecule has 11 heteroatoms. The normalized spacial score (nSPS) is 11.1. The zero-order chi connectivity index (χ0) is 11.8. The average molecular weight is 317 g/mol. The Morgan fingerprint density at radius 1 is 0.733 bits per heavy atom. The van der Waals surface area contributed by atoms with Crippen LogP contribution in [0, 0.1) is 0 Å². The predicted octanol–water partition coefficient (Wildman–Crippen LogP) is 0.757. The molecule has 0 radical (unpaired) electrons. The summed E-state index contributed by atoms with van der Waals surface area (Å²) in [6, 6.07) is 0. The molecular formula is C4H14O8P2Zn. The quantitative estimate of drug-likeness (QED) is 0.577. The van der Waals surface area contributed by atoms with Crippen molar-refractivity contribution in [3.8, 4) is 0 Å². The van der Waals surface area contributed by atoms with E-state index in [4.69, 9.17) is 9.79 Å². The third-order valence-electron chi connectivity index (χ3n) is 0.923. The van der Waals surface area contributed by atoms with Gasteiger partial charge in [0.2, 0.25) is 0 Å². The monoisotopic (exact) mass is 316 g/mol. The Balaban J connectivity index is -0.000000180. The van der Waals surface area contributed by atoms with Crippen LogP contribution in [0.3, 0.4) is 0 Å². The van der Waals surface area contributed by atoms with E-state index >= 15 is 0 Å². The van der Waals surface area contributed by atoms with Crippen LogP contribution >= 0.6 is 15.6 Å². The van der Waals surface area contributed by atoms with Crippen LogP contribution in [0.4, 0.5) is 0 Å². The number of rotatable bonds is 4. The fourth-order valence-corrected chi connectivity index (χ4v) is 0.447. The van der Waals surface area contributed by atoms with Crippen LogP contribution in [0.2, 0.25) is 0 Å². The third-order valence-corrected chi connectivity index (χ3v) is 2.77. The van der Waals surface area contributed by atoms with Crippen molar-refractivity contribution >= 4 is 15.6 Å². The van der Waals surface area contributed by atoms with E-state index in [0.717, 1.165) is 28.4 Å². The first-order valence-corrected chi connectivity index (χ1v) is 6.12. The standard InChI is InChI=1S/2C2H7O4P.Zn/c2*1-5-7(3,4)6-2;/h2*1-2H3,(H,3,4);. The second kappa shape index (κ2) is 10.0. The number of hydrogen-bond donors (Lipinski definition) is 2. The molecule has 0 bridgehead atoms. The van der Waals surface area contributed by atoms with Gasteiger partial charge < -0.3 is 9.79 Å². The third kappa shape index (κ3) is 14.8. The molecule has 0 aromatic heterocycles. The summed E-state index contributed by atoms with van der Waals surface area (Å²) in [7, 11) is -2.90. The zero-order valence-corrected chi connectivity index (χ0v) is 13.7. The molecular weight excluding hydrogens is 303 g/mol. The first-order chi connectivity index (χ1) is 6.24. The molecule has 90 valence electrons. The van der Waals surface area contributed by atoms with Gasteiger partial charge in [-0.15, -0.1) is 0 Å². The summed E-state index contributed by atoms with van der Waals surface area (Å²) in [6.45, 7) is 0. The van der Waals surface area contributed by atoms with E-state index in [1.807, 2.05) is 0 Å². The van der Waals surface area contributed by atoms with Gasteiger partial charge in [-0.1, -0.05) is 0 Å². The van der Waals surface area contributed by atoms with Gasteiger partial charge in [0.15, 0.2) is 0 Å². The van der Waals surface area contributed by atoms with Crippen molar-refractivity contribution in [3.63, 3.8) is 0 Å². The summed E-state index contributed by atoms with van der Waals surface area (Å²) in [4.78, 5) is 16.5. The van der Waals surface area contributed by atoms with Gasteiger partial charge in [0.1, 0.15) is 0 Å². The summed E-state index contributed by atoms with van der Waals surface area (Å²) in [6.07, 6.45) is 0. The Morgan fingerprint density at radius 3 is 0.867 bits per heavy atom. The molecule has 0 atom stereocenters. The largest absolute Gasteiger partial charge is 0.471 e. The van der Waals surface area contributed by atoms with Crippen LogP contribution in [0.5, 0.6) is 0 Å². The molecule has 0 aliphatic rings. The maximum Gasteiger partial charge on any atom is 0.471 e. The Labute approximate surface area is 101 Å². The predicted molar refractivity (Wildman–Crippen MR) is 47.7 cm³/mol. The molecule has 0 saturated carbocycles. The molecule has 0 rings (SSSR count). The molecule has 15 heavy (non-hydrogen) atoms. The fraction of sp³-hybridized carbons (Fsp3) is 1.00. The van der Waals surface area contributed by atoms with Gasteiger partial charge in [0.25, 0.3) is 0 Å². The molecule has 0 spiro atoms. The summed E-state index contributed by atoms with van der Waals surface area (Å²) < 4.78 is 36.0. The summed E-state index contributed by atoms with van der Waals surface area (Å²) in [5.41, 5.74) is 0. The molecule has 0 fully saturated rings. The van der Waals surface area contributed by atoms with Crippen LogP contribution in [-0.2, 0) is 46.7 Å². The second-order valence-electron chi connectivity index (χ2n) is 1.67. The van der Waals surface area contributed by atoms with Crippen molar-refractivity contribution in [1.29, 1.82) is 0 Å². The first kappa shape index (κ1) is 21.2. The molecule has 0 amide bonds. The van der Waals surface area contributed by atoms with E-state index in [1.165, 1.54) is 0 Å². The number of phosphoric acid groups is 2. The van der Waals surface area contributed by atoms with Crippen molar-refractivity contribution in [1.82, 2.24) is 0 Å². The van der Waals surface area contributed by atoms with Gasteiger partial charge in [-0.05, 0) is 0 Å². The summed E-state index contributed by atoms with van der Waals surface area (Å²) >= 11 is 0. The van der Waals surface area contributed by atoms with Crippen LogP contribution < -0.4 is 0 Å². The van der Waals surface area contributed by atoms with E-state index in [2.05, 4.69) is 18.1 Å². The Hall–Kier alpha value is 0.843. The molecule has 0 aromatic carbocycles. The number of phosphoric ester groups is 2. The molecule has 2 N–H and O–H groups in total. The molecule has 0 aliphatic heterocycles. The summed E-state index contributed by atoms with van der Waals surface area (Å²) in [5, 5.41) is 0. The van der Waals surface area contributed by atoms with Crippen LogP contribution in [0.15, 0.2) is 0 Å². The molecule has 0 saturated heterocycles. The maximum atomic E-state index is 10.1. The molecule has 0 aliphatic carbocycles. The topological polar surface area (TPSA) is 112 Å². The fourth-order valence-electron chi connectivity index (χ4n) is 0.149. The van der Waals surface area contributed by atoms with Crippen molar-refractivity contribution in [2.45, 2.75) is 0 Å². The second-order valence-corrected chi connectivity index (χ2v) is 5.00. The Morgan fingerprint density at radius 2 is 0.867 bits per heavy atom. The van der Waals surface area contributed by atoms with Gasteiger partial charge in [-0.25, -0.2) is 9.13 Å². The molecule has 0 heterocycles. The van der Waals surface area contributed by atoms with Crippen molar-refractivity contribution in [2.75, 3.05) is 28.4 Å². The van der Waals surface area contributed by atoms with E-state index in [0.29, 0.717) is 0 Å². The van der Waals surface area contributed by atoms with E-state index in [1.54, 1.807) is 0 Å². The van der Waals surface area contributed by atoms with Crippen LogP contribution in [0.1, 0.15) is 0 Å². The van der Waals surface area contributed by atoms with Gasteiger partial charge in [0, 0.05) is 47.9 Å². The molecule has 0 unspecified atom stereocenters. The smallest absolute Gasteiger partial charge is 0.303 e. The summed E-state index contributed by atoms with van der Waals surface area (Å²) in [5.74, 6) is 0. The minimum absolute atomic E-state index is 0. The molecule has 0 aromatic rings. The first-order valence-electron chi connectivity index (χ1n) is 3.13. The van der Waals surface area contributed by atoms with Gasteiger partial charge in [-0.2, -0.15) is 0 Å². The van der Waals surface area contributed by atoms with E-state index < -0.39 is 15.6 Å². The van der Waals surface area contributed by atoms with Gasteiger partial charge in [-0.3, -0.25) is 18.1 Å². The van der Waals surface area contributed by atoms with Gasteiger partial charge >= 0.3 is 15.6 Å². The van der Waals surface area contributed by atoms with Crippen molar-refractivity contribution in [3.05, 3.63) is 0 Å². The molecule has 8 nitrogen and oxygen atoms in total. The maximum absolute atomic E-state index is 10.1. The van der Waals surface area contributed by atoms with Crippen LogP contribution in [-0.4, -0.2) is 38.2 Å². The zero-order valence-electron chi connectivity index (χ0n) is 8.95. The van der Waals surface area contributed by atoms with Crippen molar-refractivity contribution in [2.24, 2.45) is 0 Å². The SMILES string of the molecule is COP(=O)(O)OC.COP(=O)(O)OC.[Zn]. The van der Waals surface area contributed by atoms with Crippen LogP contribution in [0.25, 0.3) is 0 Å². The van der Waals surface area contributed by atoms with E-state index in [9.17, 15) is 9.13 Å².